The van der Waals surface area contributed by atoms with Crippen LogP contribution in [0.2, 0.25) is 0 Å². The first-order chi connectivity index (χ1) is 3.73. The molecule has 0 unspecified atom stereocenters. The van der Waals surface area contributed by atoms with Gasteiger partial charge in [-0.05, 0) is 0 Å². The summed E-state index contributed by atoms with van der Waals surface area (Å²) < 4.78 is 8.88. The van der Waals surface area contributed by atoms with Crippen molar-refractivity contribution in [3.05, 3.63) is 0 Å². The second kappa shape index (κ2) is 12.0. The van der Waals surface area contributed by atoms with Crippen molar-refractivity contribution in [2.24, 2.45) is 0 Å². The molecule has 10 heteroatoms. The van der Waals surface area contributed by atoms with E-state index >= 15 is 0 Å². The minimum absolute atomic E-state index is 0. The molecule has 0 atom stereocenters. The predicted octanol–water partition coefficient (Wildman–Crippen LogP) is -6.47. The van der Waals surface area contributed by atoms with Crippen LogP contribution >= 0.6 is 7.82 Å². The van der Waals surface area contributed by atoms with Crippen LogP contribution in [0.5, 0.6) is 0 Å². The van der Waals surface area contributed by atoms with Crippen LogP contribution in [0.4, 0.5) is 4.79 Å². The Kier molecular flexibility index (Phi) is 25.3. The smallest absolute Gasteiger partial charge is 1.00 e. The van der Waals surface area contributed by atoms with Crippen molar-refractivity contribution in [2.75, 3.05) is 0 Å². The molecule has 0 aromatic heterocycles. The van der Waals surface area contributed by atoms with E-state index in [9.17, 15) is 0 Å². The maximum Gasteiger partial charge on any atom is 1.00 e. The third-order valence-corrected chi connectivity index (χ3v) is 0. The van der Waals surface area contributed by atoms with Crippen molar-refractivity contribution in [1.82, 2.24) is 0 Å². The zero-order valence-corrected chi connectivity index (χ0v) is 12.0. The van der Waals surface area contributed by atoms with Gasteiger partial charge in [-0.2, -0.15) is 0 Å². The predicted molar refractivity (Wildman–Crippen MR) is 27.1 cm³/mol. The molecule has 0 aromatic rings. The largest absolute Gasteiger partial charge is 1.00 e. The minimum Gasteiger partial charge on any atom is -1.00 e. The van der Waals surface area contributed by atoms with Crippen LogP contribution in [-0.4, -0.2) is 31.0 Å². The van der Waals surface area contributed by atoms with Gasteiger partial charge in [-0.1, -0.05) is 0 Å². The maximum absolute atomic E-state index is 8.88. The Morgan fingerprint density at radius 1 is 1.18 bits per heavy atom. The molecule has 0 spiro atoms. The molecule has 0 aliphatic carbocycles. The molecule has 0 heterocycles. The van der Waals surface area contributed by atoms with Gasteiger partial charge in [0.15, 0.2) is 0 Å². The van der Waals surface area contributed by atoms with E-state index < -0.39 is 14.0 Å². The van der Waals surface area contributed by atoms with E-state index in [0.29, 0.717) is 0 Å². The summed E-state index contributed by atoms with van der Waals surface area (Å²) in [7, 11) is -4.64. The molecule has 0 aliphatic rings. The molecular formula is CH7KNaO7P. The van der Waals surface area contributed by atoms with Gasteiger partial charge in [0.25, 0.3) is 0 Å². The Labute approximate surface area is 130 Å². The van der Waals surface area contributed by atoms with Crippen molar-refractivity contribution in [3.8, 4) is 0 Å². The van der Waals surface area contributed by atoms with Crippen LogP contribution in [-0.2, 0) is 4.57 Å². The average Bonchev–Trinajstić information content (AvgIpc) is 1.19. The van der Waals surface area contributed by atoms with E-state index in [1.807, 2.05) is 0 Å². The molecule has 5 N–H and O–H groups in total. The van der Waals surface area contributed by atoms with Crippen molar-refractivity contribution in [1.29, 1.82) is 0 Å². The molecule has 0 amide bonds. The van der Waals surface area contributed by atoms with Gasteiger partial charge < -0.3 is 27.7 Å². The molecule has 11 heavy (non-hydrogen) atoms. The Morgan fingerprint density at radius 2 is 1.18 bits per heavy atom. The van der Waals surface area contributed by atoms with Crippen molar-refractivity contribution >= 4 is 14.0 Å². The Morgan fingerprint density at radius 3 is 1.18 bits per heavy atom. The standard InChI is InChI=1S/CH2O3.K.Na.H3O4P.2H/c2-1(3)4;;;1-5(2,3)4;;/h(H2,2,3,4);;;(H3,1,2,3,4);;/q;2*+1;;2*-1. The monoisotopic (exact) mass is 224 g/mol. The molecule has 60 valence electrons. The quantitative estimate of drug-likeness (QED) is 0.204. The normalized spacial score (nSPS) is 7.55. The first-order valence-electron chi connectivity index (χ1n) is 1.43. The summed E-state index contributed by atoms with van der Waals surface area (Å²) in [5.74, 6) is 0. The second-order valence-corrected chi connectivity index (χ2v) is 1.82. The van der Waals surface area contributed by atoms with Gasteiger partial charge in [-0.15, -0.1) is 0 Å². The van der Waals surface area contributed by atoms with Gasteiger partial charge in [0.1, 0.15) is 0 Å². The molecule has 0 bridgehead atoms. The topological polar surface area (TPSA) is 135 Å². The van der Waals surface area contributed by atoms with Crippen LogP contribution in [0.1, 0.15) is 2.85 Å². The summed E-state index contributed by atoms with van der Waals surface area (Å²) in [4.78, 5) is 30.1. The Bertz CT molecular complexity index is 126. The fraction of sp³-hybridized carbons (Fsp3) is 0. The van der Waals surface area contributed by atoms with Crippen LogP contribution in [0.25, 0.3) is 0 Å². The molecule has 0 saturated carbocycles. The average molecular weight is 224 g/mol. The van der Waals surface area contributed by atoms with E-state index in [1.54, 1.807) is 0 Å². The van der Waals surface area contributed by atoms with E-state index in [4.69, 9.17) is 34.3 Å². The molecule has 0 saturated heterocycles. The fourth-order valence-corrected chi connectivity index (χ4v) is 0. The molecule has 0 aromatic carbocycles. The summed E-state index contributed by atoms with van der Waals surface area (Å²) in [5, 5.41) is 13.9. The second-order valence-electron chi connectivity index (χ2n) is 0.796. The van der Waals surface area contributed by atoms with Crippen molar-refractivity contribution < 1.29 is 118 Å². The summed E-state index contributed by atoms with van der Waals surface area (Å²) in [6.45, 7) is 0. The molecule has 0 rings (SSSR count). The Hall–Kier alpha value is 2.02. The fourth-order valence-electron chi connectivity index (χ4n) is 0. The number of phosphoric acid groups is 1. The maximum atomic E-state index is 8.88. The van der Waals surface area contributed by atoms with Crippen LogP contribution in [0, 0.1) is 0 Å². The third-order valence-electron chi connectivity index (χ3n) is 0. The summed E-state index contributed by atoms with van der Waals surface area (Å²) in [6.07, 6.45) is -1.83. The van der Waals surface area contributed by atoms with E-state index in [1.165, 1.54) is 0 Å². The number of hydrogen-bond acceptors (Lipinski definition) is 2. The van der Waals surface area contributed by atoms with Crippen molar-refractivity contribution in [3.63, 3.8) is 0 Å². The van der Waals surface area contributed by atoms with Crippen molar-refractivity contribution in [2.45, 2.75) is 0 Å². The van der Waals surface area contributed by atoms with Gasteiger partial charge in [-0.25, -0.2) is 9.36 Å². The summed E-state index contributed by atoms with van der Waals surface area (Å²) in [6, 6.07) is 0. The van der Waals surface area contributed by atoms with Gasteiger partial charge in [-0.3, -0.25) is 0 Å². The first-order valence-corrected chi connectivity index (χ1v) is 3.00. The zero-order chi connectivity index (χ0) is 8.08. The van der Waals surface area contributed by atoms with Gasteiger partial charge in [0.2, 0.25) is 0 Å². The minimum atomic E-state index is -4.64. The number of rotatable bonds is 0. The Balaban J connectivity index is -0.0000000146. The molecule has 7 nitrogen and oxygen atoms in total. The van der Waals surface area contributed by atoms with Crippen LogP contribution in [0.15, 0.2) is 0 Å². The number of carbonyl (C=O) groups is 1. The first kappa shape index (κ1) is 23.1. The molecule has 0 radical (unpaired) electrons. The van der Waals surface area contributed by atoms with Gasteiger partial charge >= 0.3 is 94.9 Å². The molecular weight excluding hydrogens is 217 g/mol. The SMILES string of the molecule is O=C(O)O.O=P(O)(O)O.[H-].[H-].[K+].[Na+]. The van der Waals surface area contributed by atoms with E-state index in [0.717, 1.165) is 0 Å². The van der Waals surface area contributed by atoms with Crippen LogP contribution in [0.3, 0.4) is 0 Å². The van der Waals surface area contributed by atoms with E-state index in [-0.39, 0.29) is 83.8 Å². The molecule has 0 aliphatic heterocycles. The zero-order valence-electron chi connectivity index (χ0n) is 8.00. The number of hydrogen-bond donors (Lipinski definition) is 5. The van der Waals surface area contributed by atoms with Crippen LogP contribution < -0.4 is 80.9 Å². The molecule has 0 fully saturated rings. The van der Waals surface area contributed by atoms with Gasteiger partial charge in [0, 0.05) is 0 Å². The summed E-state index contributed by atoms with van der Waals surface area (Å²) in [5.41, 5.74) is 0. The van der Waals surface area contributed by atoms with Gasteiger partial charge in [0.05, 0.1) is 0 Å². The van der Waals surface area contributed by atoms with E-state index in [2.05, 4.69) is 0 Å². The third kappa shape index (κ3) is 297. The summed E-state index contributed by atoms with van der Waals surface area (Å²) >= 11 is 0. The number of carboxylic acid groups (broad SMARTS) is 2.